The summed E-state index contributed by atoms with van der Waals surface area (Å²) in [7, 11) is 0. The van der Waals surface area contributed by atoms with Crippen molar-refractivity contribution in [3.05, 3.63) is 52.0 Å². The van der Waals surface area contributed by atoms with Gasteiger partial charge in [-0.1, -0.05) is 24.3 Å². The van der Waals surface area contributed by atoms with E-state index in [1.165, 1.54) is 11.3 Å². The summed E-state index contributed by atoms with van der Waals surface area (Å²) in [5, 5.41) is 2.38. The van der Waals surface area contributed by atoms with Crippen LogP contribution >= 0.6 is 11.3 Å². The summed E-state index contributed by atoms with van der Waals surface area (Å²) in [6.07, 6.45) is 2.05. The van der Waals surface area contributed by atoms with Gasteiger partial charge in [-0.2, -0.15) is 0 Å². The Morgan fingerprint density at radius 1 is 1.25 bits per heavy atom. The lowest BCUT2D eigenvalue weighted by Crippen LogP contribution is -2.03. The van der Waals surface area contributed by atoms with Crippen LogP contribution in [0.25, 0.3) is 0 Å². The van der Waals surface area contributed by atoms with Crippen molar-refractivity contribution in [1.29, 1.82) is 0 Å². The van der Waals surface area contributed by atoms with Crippen molar-refractivity contribution in [2.24, 2.45) is 5.73 Å². The number of Topliss-reactive ketones (excluding diaryl/α,β-unsaturated/α-hetero) is 1. The molecule has 1 aromatic heterocycles. The maximum absolute atomic E-state index is 11.8. The van der Waals surface area contributed by atoms with E-state index >= 15 is 0 Å². The van der Waals surface area contributed by atoms with Gasteiger partial charge in [-0.25, -0.2) is 4.98 Å². The highest BCUT2D eigenvalue weighted by atomic mass is 32.1. The normalized spacial score (nSPS) is 10.3. The molecule has 82 valence electrons. The van der Waals surface area contributed by atoms with Gasteiger partial charge in [0, 0.05) is 24.5 Å². The number of nitrogens with two attached hydrogens (primary N) is 1. The Morgan fingerprint density at radius 3 is 2.50 bits per heavy atom. The fraction of sp³-hybridized carbons (Fsp3) is 0.167. The molecule has 0 fully saturated rings. The van der Waals surface area contributed by atoms with E-state index in [9.17, 15) is 4.79 Å². The fourth-order valence-electron chi connectivity index (χ4n) is 1.42. The van der Waals surface area contributed by atoms with E-state index < -0.39 is 0 Å². The molecular weight excluding hydrogens is 220 g/mol. The Balaban J connectivity index is 2.06. The first-order valence-corrected chi connectivity index (χ1v) is 5.88. The molecule has 0 saturated heterocycles. The van der Waals surface area contributed by atoms with Gasteiger partial charge in [0.2, 0.25) is 0 Å². The van der Waals surface area contributed by atoms with Gasteiger partial charge in [0.05, 0.1) is 0 Å². The van der Waals surface area contributed by atoms with Gasteiger partial charge in [-0.05, 0) is 11.1 Å². The smallest absolute Gasteiger partial charge is 0.195 e. The van der Waals surface area contributed by atoms with Crippen molar-refractivity contribution in [2.45, 2.75) is 13.0 Å². The molecule has 0 unspecified atom stereocenters. The molecule has 4 heteroatoms. The molecule has 0 spiro atoms. The van der Waals surface area contributed by atoms with Crippen LogP contribution in [0.4, 0.5) is 0 Å². The topological polar surface area (TPSA) is 56.0 Å². The third-order valence-electron chi connectivity index (χ3n) is 2.29. The van der Waals surface area contributed by atoms with Crippen molar-refractivity contribution >= 4 is 17.1 Å². The standard InChI is InChI=1S/C12H12N2OS/c13-8-10-3-1-9(2-4-10)7-11(15)12-14-5-6-16-12/h1-6H,7-8,13H2. The zero-order valence-corrected chi connectivity index (χ0v) is 9.54. The number of benzene rings is 1. The van der Waals surface area contributed by atoms with E-state index in [1.807, 2.05) is 29.6 Å². The molecule has 2 rings (SSSR count). The molecule has 0 aliphatic heterocycles. The quantitative estimate of drug-likeness (QED) is 0.820. The average Bonchev–Trinajstić information content (AvgIpc) is 2.83. The monoisotopic (exact) mass is 232 g/mol. The molecule has 3 nitrogen and oxygen atoms in total. The molecule has 0 aliphatic rings. The summed E-state index contributed by atoms with van der Waals surface area (Å²) < 4.78 is 0. The number of carbonyl (C=O) groups excluding carboxylic acids is 1. The first-order valence-electron chi connectivity index (χ1n) is 5.00. The lowest BCUT2D eigenvalue weighted by atomic mass is 10.1. The third kappa shape index (κ3) is 2.53. The SMILES string of the molecule is NCc1ccc(CC(=O)c2nccs2)cc1. The molecule has 1 heterocycles. The summed E-state index contributed by atoms with van der Waals surface area (Å²) in [4.78, 5) is 15.7. The minimum absolute atomic E-state index is 0.0653. The zero-order valence-electron chi connectivity index (χ0n) is 8.72. The molecule has 1 aromatic carbocycles. The van der Waals surface area contributed by atoms with Crippen LogP contribution in [0.15, 0.2) is 35.8 Å². The van der Waals surface area contributed by atoms with E-state index in [0.29, 0.717) is 18.0 Å². The van der Waals surface area contributed by atoms with Gasteiger partial charge in [-0.15, -0.1) is 11.3 Å². The van der Waals surface area contributed by atoms with Crippen LogP contribution in [-0.4, -0.2) is 10.8 Å². The summed E-state index contributed by atoms with van der Waals surface area (Å²) in [5.74, 6) is 0.0653. The van der Waals surface area contributed by atoms with Gasteiger partial charge >= 0.3 is 0 Å². The minimum Gasteiger partial charge on any atom is -0.326 e. The van der Waals surface area contributed by atoms with Crippen LogP contribution in [0.3, 0.4) is 0 Å². The first kappa shape index (κ1) is 11.0. The zero-order chi connectivity index (χ0) is 11.4. The van der Waals surface area contributed by atoms with E-state index in [4.69, 9.17) is 5.73 Å². The fourth-order valence-corrected chi connectivity index (χ4v) is 1.99. The van der Waals surface area contributed by atoms with Crippen LogP contribution in [-0.2, 0) is 13.0 Å². The molecule has 0 bridgehead atoms. The number of hydrogen-bond acceptors (Lipinski definition) is 4. The van der Waals surface area contributed by atoms with E-state index in [1.54, 1.807) is 6.20 Å². The predicted octanol–water partition coefficient (Wildman–Crippen LogP) is 2.03. The van der Waals surface area contributed by atoms with Crippen LogP contribution in [0, 0.1) is 0 Å². The second-order valence-corrected chi connectivity index (χ2v) is 4.35. The molecule has 0 saturated carbocycles. The maximum atomic E-state index is 11.8. The van der Waals surface area contributed by atoms with Crippen molar-refractivity contribution in [3.63, 3.8) is 0 Å². The average molecular weight is 232 g/mol. The highest BCUT2D eigenvalue weighted by molar-refractivity contribution is 7.11. The Labute approximate surface area is 97.9 Å². The summed E-state index contributed by atoms with van der Waals surface area (Å²) >= 11 is 1.38. The summed E-state index contributed by atoms with van der Waals surface area (Å²) in [5.41, 5.74) is 7.58. The number of aromatic nitrogens is 1. The molecule has 2 N–H and O–H groups in total. The predicted molar refractivity (Wildman–Crippen MR) is 64.5 cm³/mol. The largest absolute Gasteiger partial charge is 0.326 e. The van der Waals surface area contributed by atoms with Crippen LogP contribution in [0.1, 0.15) is 20.9 Å². The summed E-state index contributed by atoms with van der Waals surface area (Å²) in [6.45, 7) is 0.528. The van der Waals surface area contributed by atoms with Crippen molar-refractivity contribution in [3.8, 4) is 0 Å². The highest BCUT2D eigenvalue weighted by Gasteiger charge is 2.08. The molecular formula is C12H12N2OS. The summed E-state index contributed by atoms with van der Waals surface area (Å²) in [6, 6.07) is 7.77. The highest BCUT2D eigenvalue weighted by Crippen LogP contribution is 2.10. The molecule has 0 amide bonds. The Hall–Kier alpha value is -1.52. The number of ketones is 1. The number of nitrogens with zero attached hydrogens (tertiary/aromatic N) is 1. The van der Waals surface area contributed by atoms with Gasteiger partial charge in [0.15, 0.2) is 10.8 Å². The van der Waals surface area contributed by atoms with Gasteiger partial charge in [0.1, 0.15) is 0 Å². The van der Waals surface area contributed by atoms with Gasteiger partial charge in [0.25, 0.3) is 0 Å². The first-order chi connectivity index (χ1) is 7.79. The Kier molecular flexibility index (Phi) is 3.44. The Morgan fingerprint density at radius 2 is 1.94 bits per heavy atom. The number of rotatable bonds is 4. The second kappa shape index (κ2) is 5.01. The third-order valence-corrected chi connectivity index (χ3v) is 3.11. The van der Waals surface area contributed by atoms with E-state index in [-0.39, 0.29) is 5.78 Å². The molecule has 16 heavy (non-hydrogen) atoms. The number of thiazole rings is 1. The lowest BCUT2D eigenvalue weighted by Gasteiger charge is -2.00. The van der Waals surface area contributed by atoms with Gasteiger partial charge in [-0.3, -0.25) is 4.79 Å². The van der Waals surface area contributed by atoms with E-state index in [2.05, 4.69) is 4.98 Å². The van der Waals surface area contributed by atoms with Crippen LogP contribution in [0.5, 0.6) is 0 Å². The molecule has 0 aliphatic carbocycles. The number of hydrogen-bond donors (Lipinski definition) is 1. The molecule has 2 aromatic rings. The minimum atomic E-state index is 0.0653. The Bertz CT molecular complexity index is 462. The van der Waals surface area contributed by atoms with Crippen LogP contribution in [0.2, 0.25) is 0 Å². The van der Waals surface area contributed by atoms with Crippen molar-refractivity contribution in [1.82, 2.24) is 4.98 Å². The van der Waals surface area contributed by atoms with Crippen molar-refractivity contribution in [2.75, 3.05) is 0 Å². The second-order valence-electron chi connectivity index (χ2n) is 3.46. The molecule has 0 radical (unpaired) electrons. The molecule has 0 atom stereocenters. The number of carbonyl (C=O) groups is 1. The lowest BCUT2D eigenvalue weighted by molar-refractivity contribution is 0.0992. The van der Waals surface area contributed by atoms with Crippen molar-refractivity contribution < 1.29 is 4.79 Å². The van der Waals surface area contributed by atoms with E-state index in [0.717, 1.165) is 11.1 Å². The maximum Gasteiger partial charge on any atom is 0.195 e. The van der Waals surface area contributed by atoms with Crippen LogP contribution < -0.4 is 5.73 Å². The van der Waals surface area contributed by atoms with Gasteiger partial charge < -0.3 is 5.73 Å².